The van der Waals surface area contributed by atoms with Crippen molar-refractivity contribution in [3.05, 3.63) is 58.1 Å². The predicted molar refractivity (Wildman–Crippen MR) is 119 cm³/mol. The zero-order valence-corrected chi connectivity index (χ0v) is 18.1. The molecule has 1 aliphatic rings. The lowest BCUT2D eigenvalue weighted by Crippen LogP contribution is -2.35. The number of thioether (sulfide) groups is 1. The molecule has 0 bridgehead atoms. The summed E-state index contributed by atoms with van der Waals surface area (Å²) < 4.78 is 6.03. The van der Waals surface area contributed by atoms with Crippen molar-refractivity contribution < 1.29 is 9.53 Å². The number of nitrogens with one attached hydrogen (secondary N) is 1. The van der Waals surface area contributed by atoms with Gasteiger partial charge in [0, 0.05) is 34.6 Å². The minimum absolute atomic E-state index is 0.0425. The number of likely N-dealkylation sites (tertiary alicyclic amines) is 1. The standard InChI is InChI=1S/C21H24Cl2N2O2S/c1-25-10-8-19(9-11-25)27-18-6-4-17(5-7-18)24-21(26)14-28-13-15-2-3-16(22)12-20(15)23/h2-7,12,19H,8-11,13-14H2,1H3,(H,24,26). The van der Waals surface area contributed by atoms with Crippen LogP contribution in [0.5, 0.6) is 5.75 Å². The summed E-state index contributed by atoms with van der Waals surface area (Å²) in [6, 6.07) is 13.0. The molecule has 2 aromatic rings. The minimum Gasteiger partial charge on any atom is -0.490 e. The highest BCUT2D eigenvalue weighted by atomic mass is 35.5. The van der Waals surface area contributed by atoms with Crippen molar-refractivity contribution in [3.8, 4) is 5.75 Å². The Morgan fingerprint density at radius 1 is 1.18 bits per heavy atom. The second-order valence-corrected chi connectivity index (χ2v) is 8.75. The molecule has 1 heterocycles. The van der Waals surface area contributed by atoms with Crippen LogP contribution in [0.2, 0.25) is 10.0 Å². The summed E-state index contributed by atoms with van der Waals surface area (Å²) in [4.78, 5) is 14.5. The summed E-state index contributed by atoms with van der Waals surface area (Å²) in [5.74, 6) is 1.82. The van der Waals surface area contributed by atoms with Gasteiger partial charge in [-0.2, -0.15) is 0 Å². The number of ether oxygens (including phenoxy) is 1. The third-order valence-corrected chi connectivity index (χ3v) is 6.18. The Morgan fingerprint density at radius 2 is 1.89 bits per heavy atom. The molecule has 0 atom stereocenters. The van der Waals surface area contributed by atoms with Crippen molar-refractivity contribution in [1.82, 2.24) is 4.90 Å². The van der Waals surface area contributed by atoms with E-state index >= 15 is 0 Å². The first-order chi connectivity index (χ1) is 13.5. The zero-order chi connectivity index (χ0) is 19.9. The van der Waals surface area contributed by atoms with Crippen LogP contribution in [0.4, 0.5) is 5.69 Å². The molecule has 0 radical (unpaired) electrons. The van der Waals surface area contributed by atoms with E-state index in [4.69, 9.17) is 27.9 Å². The van der Waals surface area contributed by atoms with Crippen LogP contribution in [0, 0.1) is 0 Å². The van der Waals surface area contributed by atoms with Gasteiger partial charge in [-0.1, -0.05) is 29.3 Å². The Hall–Kier alpha value is -1.40. The summed E-state index contributed by atoms with van der Waals surface area (Å²) in [5, 5.41) is 4.15. The van der Waals surface area contributed by atoms with Crippen LogP contribution in [0.1, 0.15) is 18.4 Å². The van der Waals surface area contributed by atoms with Crippen LogP contribution in [0.25, 0.3) is 0 Å². The summed E-state index contributed by atoms with van der Waals surface area (Å²) in [6.07, 6.45) is 2.36. The van der Waals surface area contributed by atoms with Crippen molar-refractivity contribution in [2.24, 2.45) is 0 Å². The normalized spacial score (nSPS) is 15.4. The van der Waals surface area contributed by atoms with Crippen molar-refractivity contribution in [2.75, 3.05) is 31.2 Å². The summed E-state index contributed by atoms with van der Waals surface area (Å²) in [5.41, 5.74) is 1.74. The Bertz CT molecular complexity index is 793. The number of amides is 1. The maximum Gasteiger partial charge on any atom is 0.234 e. The van der Waals surface area contributed by atoms with Gasteiger partial charge in [-0.3, -0.25) is 4.79 Å². The van der Waals surface area contributed by atoms with Gasteiger partial charge in [-0.15, -0.1) is 11.8 Å². The first-order valence-electron chi connectivity index (χ1n) is 9.26. The number of rotatable bonds is 7. The van der Waals surface area contributed by atoms with E-state index in [0.29, 0.717) is 21.6 Å². The van der Waals surface area contributed by atoms with E-state index in [1.165, 1.54) is 11.8 Å². The number of nitrogens with zero attached hydrogens (tertiary/aromatic N) is 1. The van der Waals surface area contributed by atoms with Gasteiger partial charge in [0.25, 0.3) is 0 Å². The SMILES string of the molecule is CN1CCC(Oc2ccc(NC(=O)CSCc3ccc(Cl)cc3Cl)cc2)CC1. The molecule has 28 heavy (non-hydrogen) atoms. The second-order valence-electron chi connectivity index (χ2n) is 6.92. The monoisotopic (exact) mass is 438 g/mol. The zero-order valence-electron chi connectivity index (χ0n) is 15.8. The third-order valence-electron chi connectivity index (χ3n) is 4.61. The van der Waals surface area contributed by atoms with Crippen molar-refractivity contribution in [3.63, 3.8) is 0 Å². The largest absolute Gasteiger partial charge is 0.490 e. The van der Waals surface area contributed by atoms with Crippen LogP contribution in [-0.4, -0.2) is 42.8 Å². The topological polar surface area (TPSA) is 41.6 Å². The maximum atomic E-state index is 12.2. The molecule has 1 aliphatic heterocycles. The smallest absolute Gasteiger partial charge is 0.234 e. The molecule has 0 spiro atoms. The van der Waals surface area contributed by atoms with E-state index in [1.807, 2.05) is 30.3 Å². The van der Waals surface area contributed by atoms with Crippen molar-refractivity contribution in [1.29, 1.82) is 0 Å². The van der Waals surface area contributed by atoms with Crippen molar-refractivity contribution >= 4 is 46.6 Å². The number of hydrogen-bond donors (Lipinski definition) is 1. The second kappa shape index (κ2) is 10.4. The molecule has 0 aliphatic carbocycles. The van der Waals surface area contributed by atoms with Gasteiger partial charge in [0.2, 0.25) is 5.91 Å². The number of carbonyl (C=O) groups excluding carboxylic acids is 1. The molecule has 1 saturated heterocycles. The first-order valence-corrected chi connectivity index (χ1v) is 11.2. The maximum absolute atomic E-state index is 12.2. The van der Waals surface area contributed by atoms with Gasteiger partial charge in [0.15, 0.2) is 0 Å². The van der Waals surface area contributed by atoms with Gasteiger partial charge < -0.3 is 15.0 Å². The molecule has 0 aromatic heterocycles. The van der Waals surface area contributed by atoms with Gasteiger partial charge >= 0.3 is 0 Å². The average molecular weight is 439 g/mol. The molecule has 2 aromatic carbocycles. The summed E-state index contributed by atoms with van der Waals surface area (Å²) >= 11 is 13.6. The van der Waals surface area contributed by atoms with E-state index in [9.17, 15) is 4.79 Å². The Labute approximate surface area is 180 Å². The molecule has 1 N–H and O–H groups in total. The van der Waals surface area contributed by atoms with E-state index in [1.54, 1.807) is 12.1 Å². The van der Waals surface area contributed by atoms with Gasteiger partial charge in [-0.05, 0) is 61.9 Å². The van der Waals surface area contributed by atoms with Crippen LogP contribution in [0.15, 0.2) is 42.5 Å². The fraction of sp³-hybridized carbons (Fsp3) is 0.381. The highest BCUT2D eigenvalue weighted by Crippen LogP contribution is 2.25. The van der Waals surface area contributed by atoms with Crippen LogP contribution in [-0.2, 0) is 10.5 Å². The molecule has 3 rings (SSSR count). The molecule has 1 amide bonds. The Morgan fingerprint density at radius 3 is 2.57 bits per heavy atom. The minimum atomic E-state index is -0.0425. The van der Waals surface area contributed by atoms with Crippen molar-refractivity contribution in [2.45, 2.75) is 24.7 Å². The van der Waals surface area contributed by atoms with Crippen LogP contribution < -0.4 is 10.1 Å². The molecule has 1 fully saturated rings. The Balaban J connectivity index is 1.41. The number of halogens is 2. The highest BCUT2D eigenvalue weighted by molar-refractivity contribution is 7.99. The average Bonchev–Trinajstić information content (AvgIpc) is 2.67. The summed E-state index contributed by atoms with van der Waals surface area (Å²) in [7, 11) is 2.13. The quantitative estimate of drug-likeness (QED) is 0.633. The van der Waals surface area contributed by atoms with Crippen LogP contribution >= 0.6 is 35.0 Å². The lowest BCUT2D eigenvalue weighted by atomic mass is 10.1. The van der Waals surface area contributed by atoms with Crippen LogP contribution in [0.3, 0.4) is 0 Å². The molecule has 0 saturated carbocycles. The molecule has 7 heteroatoms. The summed E-state index contributed by atoms with van der Waals surface area (Å²) in [6.45, 7) is 2.13. The molecule has 4 nitrogen and oxygen atoms in total. The third kappa shape index (κ3) is 6.59. The van der Waals surface area contributed by atoms with E-state index in [0.717, 1.165) is 42.9 Å². The van der Waals surface area contributed by atoms with E-state index in [2.05, 4.69) is 17.3 Å². The highest BCUT2D eigenvalue weighted by Gasteiger charge is 2.17. The lowest BCUT2D eigenvalue weighted by molar-refractivity contribution is -0.113. The number of piperidine rings is 1. The molecular weight excluding hydrogens is 415 g/mol. The van der Waals surface area contributed by atoms with Gasteiger partial charge in [-0.25, -0.2) is 0 Å². The number of carbonyl (C=O) groups is 1. The van der Waals surface area contributed by atoms with Gasteiger partial charge in [0.05, 0.1) is 5.75 Å². The van der Waals surface area contributed by atoms with Gasteiger partial charge in [0.1, 0.15) is 11.9 Å². The van der Waals surface area contributed by atoms with E-state index in [-0.39, 0.29) is 12.0 Å². The fourth-order valence-corrected chi connectivity index (χ4v) is 4.39. The lowest BCUT2D eigenvalue weighted by Gasteiger charge is -2.29. The van der Waals surface area contributed by atoms with E-state index < -0.39 is 0 Å². The number of benzene rings is 2. The molecular formula is C21H24Cl2N2O2S. The fourth-order valence-electron chi connectivity index (χ4n) is 3.00. The number of hydrogen-bond acceptors (Lipinski definition) is 4. The predicted octanol–water partition coefficient (Wildman–Crippen LogP) is 5.34. The number of anilines is 1. The molecule has 0 unspecified atom stereocenters. The Kier molecular flexibility index (Phi) is 7.91. The first kappa shape index (κ1) is 21.3. The molecule has 150 valence electrons.